The highest BCUT2D eigenvalue weighted by Gasteiger charge is 2.16. The van der Waals surface area contributed by atoms with Gasteiger partial charge in [-0.25, -0.2) is 9.48 Å². The normalized spacial score (nSPS) is 10.4. The zero-order chi connectivity index (χ0) is 15.2. The lowest BCUT2D eigenvalue weighted by Crippen LogP contribution is -2.18. The minimum Gasteiger partial charge on any atom is -0.491 e. The molecule has 0 saturated heterocycles. The van der Waals surface area contributed by atoms with Crippen LogP contribution in [-0.4, -0.2) is 39.4 Å². The van der Waals surface area contributed by atoms with E-state index in [0.717, 1.165) is 16.9 Å². The summed E-state index contributed by atoms with van der Waals surface area (Å²) in [4.78, 5) is 11.6. The molecule has 0 amide bonds. The Bertz CT molecular complexity index is 624. The minimum absolute atomic E-state index is 0.0846. The summed E-state index contributed by atoms with van der Waals surface area (Å²) in [5, 5.41) is 10.9. The minimum atomic E-state index is -0.533. The summed E-state index contributed by atoms with van der Waals surface area (Å²) in [6.07, 6.45) is 0. The third-order valence-electron chi connectivity index (χ3n) is 2.89. The van der Waals surface area contributed by atoms with E-state index in [0.29, 0.717) is 13.2 Å². The van der Waals surface area contributed by atoms with Crippen molar-refractivity contribution >= 4 is 5.97 Å². The third-order valence-corrected chi connectivity index (χ3v) is 2.89. The number of hydrogen-bond donors (Lipinski definition) is 0. The zero-order valence-corrected chi connectivity index (χ0v) is 12.4. The van der Waals surface area contributed by atoms with Gasteiger partial charge in [-0.2, -0.15) is 0 Å². The zero-order valence-electron chi connectivity index (χ0n) is 12.4. The van der Waals surface area contributed by atoms with Gasteiger partial charge < -0.3 is 9.47 Å². The van der Waals surface area contributed by atoms with E-state index in [4.69, 9.17) is 9.47 Å². The number of carbonyl (C=O) groups excluding carboxylic acids is 1. The van der Waals surface area contributed by atoms with Gasteiger partial charge in [-0.05, 0) is 48.4 Å². The first-order valence-corrected chi connectivity index (χ1v) is 6.75. The molecule has 2 aromatic rings. The quantitative estimate of drug-likeness (QED) is 0.751. The molecule has 0 radical (unpaired) electrons. The second-order valence-corrected chi connectivity index (χ2v) is 4.56. The van der Waals surface area contributed by atoms with Crippen LogP contribution in [0, 0.1) is 13.8 Å². The molecule has 0 fully saturated rings. The predicted octanol–water partition coefficient (Wildman–Crippen LogP) is 1.55. The summed E-state index contributed by atoms with van der Waals surface area (Å²) >= 11 is 0. The summed E-state index contributed by atoms with van der Waals surface area (Å²) < 4.78 is 12.0. The van der Waals surface area contributed by atoms with Crippen LogP contribution >= 0.6 is 0 Å². The van der Waals surface area contributed by atoms with Crippen LogP contribution < -0.4 is 4.74 Å². The molecule has 2 rings (SSSR count). The van der Waals surface area contributed by atoms with Gasteiger partial charge in [-0.1, -0.05) is 12.1 Å². The molecule has 0 unspecified atom stereocenters. The van der Waals surface area contributed by atoms with E-state index in [9.17, 15) is 4.79 Å². The molecule has 1 heterocycles. The number of rotatable bonds is 6. The molecule has 7 heteroatoms. The first-order valence-electron chi connectivity index (χ1n) is 6.75. The average Bonchev–Trinajstić information content (AvgIpc) is 2.91. The molecule has 7 nitrogen and oxygen atoms in total. The third kappa shape index (κ3) is 3.77. The number of aromatic nitrogens is 4. The van der Waals surface area contributed by atoms with Crippen LogP contribution in [0.2, 0.25) is 0 Å². The molecular weight excluding hydrogens is 272 g/mol. The molecule has 21 heavy (non-hydrogen) atoms. The monoisotopic (exact) mass is 290 g/mol. The lowest BCUT2D eigenvalue weighted by molar-refractivity contribution is 0.0503. The second-order valence-electron chi connectivity index (χ2n) is 4.56. The highest BCUT2D eigenvalue weighted by atomic mass is 16.5. The van der Waals surface area contributed by atoms with Crippen LogP contribution in [0.3, 0.4) is 0 Å². The molecule has 112 valence electrons. The Kier molecular flexibility index (Phi) is 4.86. The van der Waals surface area contributed by atoms with Crippen LogP contribution in [0.25, 0.3) is 0 Å². The van der Waals surface area contributed by atoms with Crippen molar-refractivity contribution in [2.24, 2.45) is 0 Å². The Morgan fingerprint density at radius 2 is 2.14 bits per heavy atom. The molecule has 0 bridgehead atoms. The maximum atomic E-state index is 11.6. The van der Waals surface area contributed by atoms with E-state index < -0.39 is 5.97 Å². The fourth-order valence-corrected chi connectivity index (χ4v) is 1.80. The van der Waals surface area contributed by atoms with E-state index in [2.05, 4.69) is 15.5 Å². The molecule has 0 N–H and O–H groups in total. The van der Waals surface area contributed by atoms with Gasteiger partial charge in [0.1, 0.15) is 12.4 Å². The molecular formula is C14H18N4O3. The Labute approximate surface area is 122 Å². The number of esters is 1. The van der Waals surface area contributed by atoms with Gasteiger partial charge in [0.25, 0.3) is 5.82 Å². The summed E-state index contributed by atoms with van der Waals surface area (Å²) in [5.74, 6) is 0.372. The van der Waals surface area contributed by atoms with Crippen molar-refractivity contribution in [3.8, 4) is 5.75 Å². The van der Waals surface area contributed by atoms with Gasteiger partial charge in [0.2, 0.25) is 0 Å². The number of benzene rings is 1. The smallest absolute Gasteiger partial charge is 0.378 e. The van der Waals surface area contributed by atoms with Gasteiger partial charge in [0.05, 0.1) is 13.2 Å². The van der Waals surface area contributed by atoms with Gasteiger partial charge in [0.15, 0.2) is 0 Å². The van der Waals surface area contributed by atoms with E-state index >= 15 is 0 Å². The van der Waals surface area contributed by atoms with Gasteiger partial charge in [-0.15, -0.1) is 5.10 Å². The Balaban J connectivity index is 1.96. The molecule has 0 aliphatic heterocycles. The van der Waals surface area contributed by atoms with Crippen molar-refractivity contribution in [1.82, 2.24) is 20.2 Å². The first-order chi connectivity index (χ1) is 10.1. The number of carbonyl (C=O) groups is 1. The number of nitrogens with zero attached hydrogens (tertiary/aromatic N) is 4. The summed E-state index contributed by atoms with van der Waals surface area (Å²) in [6.45, 7) is 6.74. The van der Waals surface area contributed by atoms with E-state index in [1.807, 2.05) is 32.0 Å². The van der Waals surface area contributed by atoms with Gasteiger partial charge in [-0.3, -0.25) is 0 Å². The molecule has 1 aromatic carbocycles. The highest BCUT2D eigenvalue weighted by Crippen LogP contribution is 2.18. The fourth-order valence-electron chi connectivity index (χ4n) is 1.80. The van der Waals surface area contributed by atoms with Crippen LogP contribution in [-0.2, 0) is 11.3 Å². The SMILES string of the molecule is CCOC(=O)c1nnnn1CCOc1cc(C)ccc1C. The van der Waals surface area contributed by atoms with Crippen molar-refractivity contribution in [1.29, 1.82) is 0 Å². The van der Waals surface area contributed by atoms with E-state index in [1.165, 1.54) is 4.68 Å². The lowest BCUT2D eigenvalue weighted by Gasteiger charge is -2.10. The van der Waals surface area contributed by atoms with Gasteiger partial charge >= 0.3 is 5.97 Å². The number of aryl methyl sites for hydroxylation is 2. The topological polar surface area (TPSA) is 79.1 Å². The summed E-state index contributed by atoms with van der Waals surface area (Å²) in [7, 11) is 0. The van der Waals surface area contributed by atoms with Crippen LogP contribution in [0.4, 0.5) is 0 Å². The lowest BCUT2D eigenvalue weighted by atomic mass is 10.1. The molecule has 1 aromatic heterocycles. The van der Waals surface area contributed by atoms with Crippen molar-refractivity contribution in [3.05, 3.63) is 35.2 Å². The van der Waals surface area contributed by atoms with Crippen LogP contribution in [0.5, 0.6) is 5.75 Å². The molecule has 0 aliphatic carbocycles. The molecule has 0 aliphatic rings. The maximum absolute atomic E-state index is 11.6. The van der Waals surface area contributed by atoms with Crippen molar-refractivity contribution in [3.63, 3.8) is 0 Å². The molecule has 0 spiro atoms. The molecule has 0 saturated carbocycles. The fraction of sp³-hybridized carbons (Fsp3) is 0.429. The second kappa shape index (κ2) is 6.83. The molecule has 0 atom stereocenters. The van der Waals surface area contributed by atoms with Crippen molar-refractivity contribution in [2.75, 3.05) is 13.2 Å². The Morgan fingerprint density at radius 3 is 2.90 bits per heavy atom. The maximum Gasteiger partial charge on any atom is 0.378 e. The van der Waals surface area contributed by atoms with Crippen molar-refractivity contribution < 1.29 is 14.3 Å². The van der Waals surface area contributed by atoms with E-state index in [-0.39, 0.29) is 12.4 Å². The standard InChI is InChI=1S/C14H18N4O3/c1-4-20-14(19)13-15-16-17-18(13)7-8-21-12-9-10(2)5-6-11(12)3/h5-6,9H,4,7-8H2,1-3H3. The van der Waals surface area contributed by atoms with Crippen LogP contribution in [0.1, 0.15) is 28.7 Å². The number of ether oxygens (including phenoxy) is 2. The number of tetrazole rings is 1. The first kappa shape index (κ1) is 15.0. The largest absolute Gasteiger partial charge is 0.491 e. The number of hydrogen-bond acceptors (Lipinski definition) is 6. The van der Waals surface area contributed by atoms with Crippen molar-refractivity contribution in [2.45, 2.75) is 27.3 Å². The summed E-state index contributed by atoms with van der Waals surface area (Å²) in [6, 6.07) is 6.01. The van der Waals surface area contributed by atoms with Crippen LogP contribution in [0.15, 0.2) is 18.2 Å². The summed E-state index contributed by atoms with van der Waals surface area (Å²) in [5.41, 5.74) is 2.19. The highest BCUT2D eigenvalue weighted by molar-refractivity contribution is 5.85. The van der Waals surface area contributed by atoms with Gasteiger partial charge in [0, 0.05) is 0 Å². The van der Waals surface area contributed by atoms with E-state index in [1.54, 1.807) is 6.92 Å². The Morgan fingerprint density at radius 1 is 1.33 bits per heavy atom. The average molecular weight is 290 g/mol. The Hall–Kier alpha value is -2.44. The predicted molar refractivity (Wildman–Crippen MR) is 75.2 cm³/mol.